The van der Waals surface area contributed by atoms with Crippen molar-refractivity contribution < 1.29 is 9.47 Å². The SMILES string of the molecule is COCCOCCCCNCc1ccc(Cl)cc1Cl. The summed E-state index contributed by atoms with van der Waals surface area (Å²) < 4.78 is 10.3. The zero-order valence-corrected chi connectivity index (χ0v) is 12.8. The molecule has 0 saturated carbocycles. The van der Waals surface area contributed by atoms with Gasteiger partial charge in [0.2, 0.25) is 0 Å². The van der Waals surface area contributed by atoms with Crippen LogP contribution < -0.4 is 5.32 Å². The Hall–Kier alpha value is -0.320. The summed E-state index contributed by atoms with van der Waals surface area (Å²) in [5.74, 6) is 0. The number of halogens is 2. The first-order valence-electron chi connectivity index (χ1n) is 6.45. The van der Waals surface area contributed by atoms with Crippen molar-refractivity contribution in [2.75, 3.05) is 33.5 Å². The fraction of sp³-hybridized carbons (Fsp3) is 0.571. The highest BCUT2D eigenvalue weighted by atomic mass is 35.5. The molecule has 1 rings (SSSR count). The van der Waals surface area contributed by atoms with E-state index in [9.17, 15) is 0 Å². The van der Waals surface area contributed by atoms with Gasteiger partial charge < -0.3 is 14.8 Å². The average molecular weight is 306 g/mol. The Labute approximate surface area is 125 Å². The van der Waals surface area contributed by atoms with Gasteiger partial charge in [-0.15, -0.1) is 0 Å². The van der Waals surface area contributed by atoms with Crippen LogP contribution in [0.1, 0.15) is 18.4 Å². The summed E-state index contributed by atoms with van der Waals surface area (Å²) in [7, 11) is 1.68. The lowest BCUT2D eigenvalue weighted by Crippen LogP contribution is -2.15. The molecule has 0 bridgehead atoms. The predicted octanol–water partition coefficient (Wildman–Crippen LogP) is 3.53. The summed E-state index contributed by atoms with van der Waals surface area (Å²) >= 11 is 11.9. The van der Waals surface area contributed by atoms with Crippen molar-refractivity contribution in [1.82, 2.24) is 5.32 Å². The van der Waals surface area contributed by atoms with Crippen LogP contribution in [0.25, 0.3) is 0 Å². The normalized spacial score (nSPS) is 10.9. The van der Waals surface area contributed by atoms with E-state index in [2.05, 4.69) is 5.32 Å². The maximum absolute atomic E-state index is 6.08. The van der Waals surface area contributed by atoms with Gasteiger partial charge in [-0.3, -0.25) is 0 Å². The molecule has 0 saturated heterocycles. The molecule has 0 aliphatic rings. The van der Waals surface area contributed by atoms with Crippen LogP contribution in [-0.4, -0.2) is 33.5 Å². The maximum atomic E-state index is 6.08. The van der Waals surface area contributed by atoms with Gasteiger partial charge in [-0.25, -0.2) is 0 Å². The number of hydrogen-bond acceptors (Lipinski definition) is 3. The molecule has 3 nitrogen and oxygen atoms in total. The van der Waals surface area contributed by atoms with Gasteiger partial charge in [0.05, 0.1) is 13.2 Å². The van der Waals surface area contributed by atoms with Crippen LogP contribution in [0.15, 0.2) is 18.2 Å². The van der Waals surface area contributed by atoms with Crippen molar-refractivity contribution in [1.29, 1.82) is 0 Å². The van der Waals surface area contributed by atoms with Crippen LogP contribution in [-0.2, 0) is 16.0 Å². The minimum absolute atomic E-state index is 0.660. The van der Waals surface area contributed by atoms with E-state index in [0.29, 0.717) is 23.3 Å². The van der Waals surface area contributed by atoms with E-state index in [4.69, 9.17) is 32.7 Å². The number of methoxy groups -OCH3 is 1. The zero-order chi connectivity index (χ0) is 13.9. The van der Waals surface area contributed by atoms with Gasteiger partial charge in [-0.2, -0.15) is 0 Å². The molecule has 0 atom stereocenters. The number of rotatable bonds is 10. The molecular weight excluding hydrogens is 285 g/mol. The second-order valence-corrected chi connectivity index (χ2v) is 5.07. The average Bonchev–Trinajstić information content (AvgIpc) is 2.39. The summed E-state index contributed by atoms with van der Waals surface area (Å²) in [6, 6.07) is 5.57. The third-order valence-electron chi connectivity index (χ3n) is 2.65. The highest BCUT2D eigenvalue weighted by Crippen LogP contribution is 2.20. The van der Waals surface area contributed by atoms with Gasteiger partial charge >= 0.3 is 0 Å². The third kappa shape index (κ3) is 7.75. The van der Waals surface area contributed by atoms with Crippen molar-refractivity contribution in [3.63, 3.8) is 0 Å². The lowest BCUT2D eigenvalue weighted by Gasteiger charge is -2.07. The minimum Gasteiger partial charge on any atom is -0.382 e. The Bertz CT molecular complexity index is 361. The topological polar surface area (TPSA) is 30.5 Å². The molecule has 5 heteroatoms. The quantitative estimate of drug-likeness (QED) is 0.671. The van der Waals surface area contributed by atoms with Crippen LogP contribution in [0, 0.1) is 0 Å². The van der Waals surface area contributed by atoms with Gasteiger partial charge in [0.25, 0.3) is 0 Å². The molecule has 108 valence electrons. The lowest BCUT2D eigenvalue weighted by atomic mass is 10.2. The van der Waals surface area contributed by atoms with Gasteiger partial charge in [0, 0.05) is 30.3 Å². The van der Waals surface area contributed by atoms with E-state index in [1.165, 1.54) is 0 Å². The van der Waals surface area contributed by atoms with Crippen LogP contribution in [0.2, 0.25) is 10.0 Å². The number of unbranched alkanes of at least 4 members (excludes halogenated alkanes) is 1. The predicted molar refractivity (Wildman–Crippen MR) is 80.1 cm³/mol. The Balaban J connectivity index is 2.01. The second kappa shape index (κ2) is 10.5. The lowest BCUT2D eigenvalue weighted by molar-refractivity contribution is 0.0688. The van der Waals surface area contributed by atoms with E-state index >= 15 is 0 Å². The van der Waals surface area contributed by atoms with E-state index < -0.39 is 0 Å². The zero-order valence-electron chi connectivity index (χ0n) is 11.3. The van der Waals surface area contributed by atoms with Crippen molar-refractivity contribution in [3.05, 3.63) is 33.8 Å². The van der Waals surface area contributed by atoms with Gasteiger partial charge in [-0.1, -0.05) is 29.3 Å². The fourth-order valence-corrected chi connectivity index (χ4v) is 2.06. The monoisotopic (exact) mass is 305 g/mol. The molecule has 0 aromatic heterocycles. The number of nitrogens with one attached hydrogen (secondary N) is 1. The smallest absolute Gasteiger partial charge is 0.0700 e. The van der Waals surface area contributed by atoms with Gasteiger partial charge in [0.1, 0.15) is 0 Å². The molecule has 0 aliphatic heterocycles. The number of ether oxygens (including phenoxy) is 2. The third-order valence-corrected chi connectivity index (χ3v) is 3.24. The van der Waals surface area contributed by atoms with Crippen molar-refractivity contribution >= 4 is 23.2 Å². The summed E-state index contributed by atoms with van der Waals surface area (Å²) in [5, 5.41) is 4.74. The van der Waals surface area contributed by atoms with E-state index in [-0.39, 0.29) is 0 Å². The van der Waals surface area contributed by atoms with Crippen molar-refractivity contribution in [2.45, 2.75) is 19.4 Å². The molecule has 1 aromatic carbocycles. The Morgan fingerprint density at radius 2 is 1.95 bits per heavy atom. The molecule has 1 N–H and O–H groups in total. The van der Waals surface area contributed by atoms with Crippen LogP contribution in [0.3, 0.4) is 0 Å². The summed E-state index contributed by atoms with van der Waals surface area (Å²) in [6.45, 7) is 3.83. The van der Waals surface area contributed by atoms with Crippen LogP contribution in [0.5, 0.6) is 0 Å². The summed E-state index contributed by atoms with van der Waals surface area (Å²) in [6.07, 6.45) is 2.13. The minimum atomic E-state index is 0.660. The number of hydrogen-bond donors (Lipinski definition) is 1. The standard InChI is InChI=1S/C14H21Cl2NO2/c1-18-8-9-19-7-3-2-6-17-11-12-4-5-13(15)10-14(12)16/h4-5,10,17H,2-3,6-9,11H2,1H3. The molecule has 0 radical (unpaired) electrons. The fourth-order valence-electron chi connectivity index (χ4n) is 1.59. The maximum Gasteiger partial charge on any atom is 0.0700 e. The largest absolute Gasteiger partial charge is 0.382 e. The molecule has 0 aliphatic carbocycles. The van der Waals surface area contributed by atoms with Gasteiger partial charge in [-0.05, 0) is 37.1 Å². The van der Waals surface area contributed by atoms with E-state index in [0.717, 1.165) is 38.1 Å². The molecule has 19 heavy (non-hydrogen) atoms. The first-order valence-corrected chi connectivity index (χ1v) is 7.21. The molecular formula is C14H21Cl2NO2. The molecule has 0 heterocycles. The highest BCUT2D eigenvalue weighted by Gasteiger charge is 2.00. The van der Waals surface area contributed by atoms with E-state index in [1.54, 1.807) is 13.2 Å². The molecule has 0 unspecified atom stereocenters. The van der Waals surface area contributed by atoms with Crippen molar-refractivity contribution in [2.24, 2.45) is 0 Å². The molecule has 1 aromatic rings. The van der Waals surface area contributed by atoms with Gasteiger partial charge in [0.15, 0.2) is 0 Å². The highest BCUT2D eigenvalue weighted by molar-refractivity contribution is 6.35. The first-order chi connectivity index (χ1) is 9.24. The Morgan fingerprint density at radius 1 is 1.11 bits per heavy atom. The molecule has 0 fully saturated rings. The first kappa shape index (κ1) is 16.7. The Morgan fingerprint density at radius 3 is 2.68 bits per heavy atom. The summed E-state index contributed by atoms with van der Waals surface area (Å²) in [4.78, 5) is 0. The van der Waals surface area contributed by atoms with Crippen LogP contribution in [0.4, 0.5) is 0 Å². The number of benzene rings is 1. The molecule has 0 amide bonds. The summed E-state index contributed by atoms with van der Waals surface area (Å²) in [5.41, 5.74) is 1.07. The van der Waals surface area contributed by atoms with Crippen LogP contribution >= 0.6 is 23.2 Å². The Kier molecular flexibility index (Phi) is 9.22. The van der Waals surface area contributed by atoms with Crippen molar-refractivity contribution in [3.8, 4) is 0 Å². The molecule has 0 spiro atoms. The van der Waals surface area contributed by atoms with E-state index in [1.807, 2.05) is 12.1 Å². The second-order valence-electron chi connectivity index (χ2n) is 4.22.